The summed E-state index contributed by atoms with van der Waals surface area (Å²) in [4.78, 5) is 12.3. The van der Waals surface area contributed by atoms with Crippen molar-refractivity contribution in [3.8, 4) is 0 Å². The van der Waals surface area contributed by atoms with Crippen LogP contribution in [-0.2, 0) is 9.53 Å². The van der Waals surface area contributed by atoms with Crippen molar-refractivity contribution < 1.29 is 9.53 Å². The minimum atomic E-state index is -0.252. The van der Waals surface area contributed by atoms with E-state index in [0.29, 0.717) is 0 Å². The Kier molecular flexibility index (Phi) is 7.42. The van der Waals surface area contributed by atoms with E-state index in [4.69, 9.17) is 4.74 Å². The van der Waals surface area contributed by atoms with Gasteiger partial charge in [0.05, 0.1) is 12.6 Å². The van der Waals surface area contributed by atoms with Gasteiger partial charge in [-0.1, -0.05) is 80.6 Å². The second-order valence-corrected chi connectivity index (χ2v) is 6.25. The highest BCUT2D eigenvalue weighted by Crippen LogP contribution is 2.21. The summed E-state index contributed by atoms with van der Waals surface area (Å²) < 4.78 is 5.57. The van der Waals surface area contributed by atoms with E-state index in [1.54, 1.807) is 0 Å². The molecule has 3 nitrogen and oxygen atoms in total. The Morgan fingerprint density at radius 3 is 2.00 bits per heavy atom. The van der Waals surface area contributed by atoms with Crippen molar-refractivity contribution in [3.05, 3.63) is 83.9 Å². The van der Waals surface area contributed by atoms with Gasteiger partial charge in [-0.2, -0.15) is 0 Å². The van der Waals surface area contributed by atoms with Gasteiger partial charge in [0.2, 0.25) is 0 Å². The lowest BCUT2D eigenvalue weighted by Gasteiger charge is -2.21. The number of benzene rings is 2. The third-order valence-electron chi connectivity index (χ3n) is 4.09. The molecule has 0 fully saturated rings. The summed E-state index contributed by atoms with van der Waals surface area (Å²) >= 11 is 0. The second kappa shape index (κ2) is 9.80. The maximum Gasteiger partial charge on any atom is 0.320 e. The molecule has 25 heavy (non-hydrogen) atoms. The molecular weight excluding hydrogens is 310 g/mol. The Hall–Kier alpha value is -2.39. The topological polar surface area (TPSA) is 38.3 Å². The zero-order chi connectivity index (χ0) is 18.1. The molecule has 0 saturated heterocycles. The summed E-state index contributed by atoms with van der Waals surface area (Å²) in [5.74, 6) is -0.252. The van der Waals surface area contributed by atoms with Gasteiger partial charge in [-0.25, -0.2) is 0 Å². The first-order valence-corrected chi connectivity index (χ1v) is 8.80. The first kappa shape index (κ1) is 18.9. The average molecular weight is 337 g/mol. The Bertz CT molecular complexity index is 627. The molecule has 2 rings (SSSR count). The highest BCUT2D eigenvalue weighted by molar-refractivity contribution is 5.72. The van der Waals surface area contributed by atoms with E-state index in [1.165, 1.54) is 0 Å². The van der Waals surface area contributed by atoms with Crippen LogP contribution in [-0.4, -0.2) is 18.6 Å². The summed E-state index contributed by atoms with van der Waals surface area (Å²) in [6, 6.07) is 20.2. The number of ether oxygens (including phenoxy) is 1. The largest absolute Gasteiger partial charge is 0.457 e. The van der Waals surface area contributed by atoms with Crippen molar-refractivity contribution in [2.24, 2.45) is 0 Å². The SMILES string of the molecule is C=C(C)C(CCC)OC(=O)CNC(c1ccccc1)c1ccccc1. The first-order valence-electron chi connectivity index (χ1n) is 8.80. The van der Waals surface area contributed by atoms with E-state index < -0.39 is 0 Å². The summed E-state index contributed by atoms with van der Waals surface area (Å²) in [5, 5.41) is 3.33. The molecule has 0 bridgehead atoms. The minimum absolute atomic E-state index is 0.0515. The van der Waals surface area contributed by atoms with E-state index in [9.17, 15) is 4.79 Å². The molecule has 0 heterocycles. The number of nitrogens with one attached hydrogen (secondary N) is 1. The van der Waals surface area contributed by atoms with Gasteiger partial charge in [-0.15, -0.1) is 0 Å². The van der Waals surface area contributed by atoms with Crippen LogP contribution in [0.1, 0.15) is 43.9 Å². The summed E-state index contributed by atoms with van der Waals surface area (Å²) in [5.41, 5.74) is 3.12. The number of carbonyl (C=O) groups excluding carboxylic acids is 1. The quantitative estimate of drug-likeness (QED) is 0.534. The van der Waals surface area contributed by atoms with Crippen LogP contribution in [0.3, 0.4) is 0 Å². The van der Waals surface area contributed by atoms with E-state index in [0.717, 1.165) is 29.5 Å². The normalized spacial score (nSPS) is 12.0. The molecule has 0 saturated carbocycles. The summed E-state index contributed by atoms with van der Waals surface area (Å²) in [6.45, 7) is 8.05. The smallest absolute Gasteiger partial charge is 0.320 e. The molecule has 1 atom stereocenters. The predicted molar refractivity (Wildman–Crippen MR) is 102 cm³/mol. The van der Waals surface area contributed by atoms with Crippen LogP contribution in [0.5, 0.6) is 0 Å². The highest BCUT2D eigenvalue weighted by Gasteiger charge is 2.18. The molecule has 2 aromatic rings. The molecule has 1 N–H and O–H groups in total. The van der Waals surface area contributed by atoms with Crippen molar-refractivity contribution in [2.45, 2.75) is 38.8 Å². The van der Waals surface area contributed by atoms with Crippen LogP contribution >= 0.6 is 0 Å². The molecule has 3 heteroatoms. The summed E-state index contributed by atoms with van der Waals surface area (Å²) in [6.07, 6.45) is 1.56. The van der Waals surface area contributed by atoms with Crippen molar-refractivity contribution in [1.29, 1.82) is 0 Å². The third-order valence-corrected chi connectivity index (χ3v) is 4.09. The molecule has 0 aliphatic rings. The van der Waals surface area contributed by atoms with Crippen LogP contribution in [0.25, 0.3) is 0 Å². The standard InChI is InChI=1S/C22H27NO2/c1-4-11-20(17(2)3)25-21(24)16-23-22(18-12-7-5-8-13-18)19-14-9-6-10-15-19/h5-10,12-15,20,22-23H,2,4,11,16H2,1,3H3. The molecule has 0 aliphatic carbocycles. The monoisotopic (exact) mass is 337 g/mol. The number of esters is 1. The van der Waals surface area contributed by atoms with Gasteiger partial charge < -0.3 is 4.74 Å². The molecule has 0 radical (unpaired) electrons. The Balaban J connectivity index is 2.05. The first-order chi connectivity index (χ1) is 12.1. The minimum Gasteiger partial charge on any atom is -0.457 e. The van der Waals surface area contributed by atoms with Gasteiger partial charge in [-0.05, 0) is 30.0 Å². The molecule has 2 aromatic carbocycles. The van der Waals surface area contributed by atoms with Gasteiger partial charge in [0.15, 0.2) is 0 Å². The molecule has 0 aliphatic heterocycles. The van der Waals surface area contributed by atoms with Gasteiger partial charge in [0.25, 0.3) is 0 Å². The summed E-state index contributed by atoms with van der Waals surface area (Å²) in [7, 11) is 0. The Morgan fingerprint density at radius 1 is 1.04 bits per heavy atom. The number of rotatable bonds is 9. The Morgan fingerprint density at radius 2 is 1.56 bits per heavy atom. The maximum absolute atomic E-state index is 12.3. The lowest BCUT2D eigenvalue weighted by molar-refractivity contribution is -0.146. The van der Waals surface area contributed by atoms with Crippen LogP contribution in [0.4, 0.5) is 0 Å². The molecule has 0 spiro atoms. The fourth-order valence-electron chi connectivity index (χ4n) is 2.77. The van der Waals surface area contributed by atoms with E-state index >= 15 is 0 Å². The molecule has 0 aromatic heterocycles. The lowest BCUT2D eigenvalue weighted by Crippen LogP contribution is -2.32. The van der Waals surface area contributed by atoms with Crippen molar-refractivity contribution in [3.63, 3.8) is 0 Å². The fourth-order valence-corrected chi connectivity index (χ4v) is 2.77. The predicted octanol–water partition coefficient (Wildman–Crippen LogP) is 4.65. The number of hydrogen-bond acceptors (Lipinski definition) is 3. The van der Waals surface area contributed by atoms with E-state index in [-0.39, 0.29) is 24.7 Å². The molecule has 0 amide bonds. The van der Waals surface area contributed by atoms with E-state index in [2.05, 4.69) is 43.1 Å². The van der Waals surface area contributed by atoms with Crippen LogP contribution in [0, 0.1) is 0 Å². The maximum atomic E-state index is 12.3. The average Bonchev–Trinajstić information content (AvgIpc) is 2.63. The van der Waals surface area contributed by atoms with Crippen molar-refractivity contribution >= 4 is 5.97 Å². The highest BCUT2D eigenvalue weighted by atomic mass is 16.5. The van der Waals surface area contributed by atoms with Gasteiger partial charge in [-0.3, -0.25) is 10.1 Å². The van der Waals surface area contributed by atoms with Gasteiger partial charge in [0, 0.05) is 0 Å². The van der Waals surface area contributed by atoms with Gasteiger partial charge >= 0.3 is 5.97 Å². The van der Waals surface area contributed by atoms with Crippen molar-refractivity contribution in [1.82, 2.24) is 5.32 Å². The van der Waals surface area contributed by atoms with Gasteiger partial charge in [0.1, 0.15) is 6.10 Å². The Labute approximate surface area is 150 Å². The second-order valence-electron chi connectivity index (χ2n) is 6.25. The molecule has 1 unspecified atom stereocenters. The van der Waals surface area contributed by atoms with Crippen LogP contribution in [0.15, 0.2) is 72.8 Å². The molecular formula is C22H27NO2. The zero-order valence-corrected chi connectivity index (χ0v) is 15.1. The zero-order valence-electron chi connectivity index (χ0n) is 15.1. The molecule has 132 valence electrons. The number of hydrogen-bond donors (Lipinski definition) is 1. The lowest BCUT2D eigenvalue weighted by atomic mass is 9.99. The van der Waals surface area contributed by atoms with E-state index in [1.807, 2.05) is 43.3 Å². The van der Waals surface area contributed by atoms with Crippen LogP contribution in [0.2, 0.25) is 0 Å². The van der Waals surface area contributed by atoms with Crippen molar-refractivity contribution in [2.75, 3.05) is 6.54 Å². The number of carbonyl (C=O) groups is 1. The van der Waals surface area contributed by atoms with Crippen LogP contribution < -0.4 is 5.32 Å². The fraction of sp³-hybridized carbons (Fsp3) is 0.318. The third kappa shape index (κ3) is 5.87.